The van der Waals surface area contributed by atoms with Crippen molar-refractivity contribution < 1.29 is 8.78 Å². The molecule has 1 aliphatic heterocycles. The Morgan fingerprint density at radius 3 is 2.50 bits per heavy atom. The van der Waals surface area contributed by atoms with E-state index in [0.29, 0.717) is 12.6 Å². The fourth-order valence-electron chi connectivity index (χ4n) is 1.29. The Labute approximate surface area is 71.9 Å². The molecule has 0 aromatic carbocycles. The lowest BCUT2D eigenvalue weighted by atomic mass is 10.1. The zero-order chi connectivity index (χ0) is 9.19. The van der Waals surface area contributed by atoms with Crippen LogP contribution in [0, 0.1) is 0 Å². The van der Waals surface area contributed by atoms with E-state index in [0.717, 1.165) is 20.0 Å². The molecule has 0 radical (unpaired) electrons. The first kappa shape index (κ1) is 9.86. The van der Waals surface area contributed by atoms with Crippen molar-refractivity contribution >= 4 is 0 Å². The van der Waals surface area contributed by atoms with Crippen molar-refractivity contribution in [3.05, 3.63) is 0 Å². The third-order valence-electron chi connectivity index (χ3n) is 2.23. The average molecular weight is 178 g/mol. The summed E-state index contributed by atoms with van der Waals surface area (Å²) in [5.74, 6) is -2.51. The van der Waals surface area contributed by atoms with Crippen LogP contribution in [0.4, 0.5) is 8.78 Å². The van der Waals surface area contributed by atoms with Crippen LogP contribution in [0.2, 0.25) is 0 Å². The summed E-state index contributed by atoms with van der Waals surface area (Å²) in [5.41, 5.74) is 0. The number of rotatable bonds is 4. The van der Waals surface area contributed by atoms with Crippen molar-refractivity contribution in [2.45, 2.75) is 25.3 Å². The number of nitrogens with zero attached hydrogens (tertiary/aromatic N) is 1. The van der Waals surface area contributed by atoms with E-state index in [9.17, 15) is 8.78 Å². The average Bonchev–Trinajstić information content (AvgIpc) is 1.82. The first-order chi connectivity index (χ1) is 5.51. The summed E-state index contributed by atoms with van der Waals surface area (Å²) in [5, 5.41) is 3.10. The predicted molar refractivity (Wildman–Crippen MR) is 44.5 cm³/mol. The van der Waals surface area contributed by atoms with E-state index in [1.54, 1.807) is 0 Å². The Kier molecular flexibility index (Phi) is 3.01. The zero-order valence-electron chi connectivity index (χ0n) is 7.61. The molecule has 1 saturated heterocycles. The summed E-state index contributed by atoms with van der Waals surface area (Å²) < 4.78 is 24.8. The summed E-state index contributed by atoms with van der Waals surface area (Å²) in [6.07, 6.45) is -0.0244. The molecule has 0 atom stereocenters. The van der Waals surface area contributed by atoms with Crippen LogP contribution >= 0.6 is 0 Å². The minimum atomic E-state index is -2.51. The monoisotopic (exact) mass is 178 g/mol. The zero-order valence-corrected chi connectivity index (χ0v) is 7.61. The molecule has 1 aliphatic rings. The number of likely N-dealkylation sites (tertiary alicyclic amines) is 1. The first-order valence-electron chi connectivity index (χ1n) is 4.29. The number of hydrogen-bond donors (Lipinski definition) is 1. The third-order valence-corrected chi connectivity index (χ3v) is 2.23. The van der Waals surface area contributed by atoms with Crippen LogP contribution in [-0.4, -0.2) is 43.5 Å². The Morgan fingerprint density at radius 1 is 1.50 bits per heavy atom. The summed E-state index contributed by atoms with van der Waals surface area (Å²) in [6.45, 7) is 3.31. The van der Waals surface area contributed by atoms with Gasteiger partial charge >= 0.3 is 0 Å². The Hall–Kier alpha value is -0.220. The Bertz CT molecular complexity index is 138. The van der Waals surface area contributed by atoms with Crippen LogP contribution in [-0.2, 0) is 0 Å². The third kappa shape index (κ3) is 3.03. The van der Waals surface area contributed by atoms with Crippen LogP contribution in [0.25, 0.3) is 0 Å². The molecule has 1 fully saturated rings. The standard InChI is InChI=1S/C8H16F2N2/c1-8(9,10)3-4-12-5-7(6-12)11-2/h7,11H,3-6H2,1-2H3. The van der Waals surface area contributed by atoms with Gasteiger partial charge in [-0.15, -0.1) is 0 Å². The normalized spacial score (nSPS) is 21.0. The molecule has 1 heterocycles. The molecule has 0 spiro atoms. The van der Waals surface area contributed by atoms with Crippen molar-refractivity contribution in [1.82, 2.24) is 10.2 Å². The SMILES string of the molecule is CNC1CN(CCC(C)(F)F)C1. The Balaban J connectivity index is 2.04. The smallest absolute Gasteiger partial charge is 0.246 e. The summed E-state index contributed by atoms with van der Waals surface area (Å²) in [7, 11) is 1.90. The molecule has 0 aromatic rings. The predicted octanol–water partition coefficient (Wildman–Crippen LogP) is 0.935. The number of halogens is 2. The molecule has 0 unspecified atom stereocenters. The molecule has 0 bridgehead atoms. The lowest BCUT2D eigenvalue weighted by Gasteiger charge is -2.39. The molecule has 4 heteroatoms. The number of nitrogens with one attached hydrogen (secondary N) is 1. The first-order valence-corrected chi connectivity index (χ1v) is 4.29. The molecule has 72 valence electrons. The van der Waals surface area contributed by atoms with Gasteiger partial charge in [-0.1, -0.05) is 0 Å². The number of alkyl halides is 2. The minimum absolute atomic E-state index is 0.0244. The molecule has 0 amide bonds. The van der Waals surface area contributed by atoms with Crippen molar-refractivity contribution in [2.75, 3.05) is 26.7 Å². The van der Waals surface area contributed by atoms with Gasteiger partial charge in [-0.3, -0.25) is 4.90 Å². The van der Waals surface area contributed by atoms with Gasteiger partial charge in [0.15, 0.2) is 0 Å². The molecule has 1 rings (SSSR count). The summed E-state index contributed by atoms with van der Waals surface area (Å²) in [6, 6.07) is 0.510. The van der Waals surface area contributed by atoms with Crippen molar-refractivity contribution in [1.29, 1.82) is 0 Å². The van der Waals surface area contributed by atoms with Crippen LogP contribution in [0.1, 0.15) is 13.3 Å². The maximum atomic E-state index is 12.4. The molecule has 1 N–H and O–H groups in total. The van der Waals surface area contributed by atoms with Crippen LogP contribution < -0.4 is 5.32 Å². The van der Waals surface area contributed by atoms with Crippen LogP contribution in [0.5, 0.6) is 0 Å². The molecule has 0 aromatic heterocycles. The second kappa shape index (κ2) is 3.66. The highest BCUT2D eigenvalue weighted by molar-refractivity contribution is 4.84. The van der Waals surface area contributed by atoms with E-state index in [4.69, 9.17) is 0 Å². The van der Waals surface area contributed by atoms with E-state index >= 15 is 0 Å². The van der Waals surface area contributed by atoms with Gasteiger partial charge in [-0.2, -0.15) is 0 Å². The second-order valence-corrected chi connectivity index (χ2v) is 3.57. The van der Waals surface area contributed by atoms with E-state index in [1.165, 1.54) is 0 Å². The highest BCUT2D eigenvalue weighted by atomic mass is 19.3. The van der Waals surface area contributed by atoms with E-state index < -0.39 is 5.92 Å². The quantitative estimate of drug-likeness (QED) is 0.689. The highest BCUT2D eigenvalue weighted by Crippen LogP contribution is 2.18. The van der Waals surface area contributed by atoms with Crippen molar-refractivity contribution in [3.63, 3.8) is 0 Å². The molecular formula is C8H16F2N2. The second-order valence-electron chi connectivity index (χ2n) is 3.57. The maximum absolute atomic E-state index is 12.4. The lowest BCUT2D eigenvalue weighted by Crippen LogP contribution is -2.57. The van der Waals surface area contributed by atoms with Gasteiger partial charge in [0.25, 0.3) is 0 Å². The summed E-state index contributed by atoms with van der Waals surface area (Å²) >= 11 is 0. The molecule has 0 aliphatic carbocycles. The van der Waals surface area contributed by atoms with Gasteiger partial charge in [0.2, 0.25) is 5.92 Å². The van der Waals surface area contributed by atoms with Gasteiger partial charge in [-0.25, -0.2) is 8.78 Å². The number of hydrogen-bond acceptors (Lipinski definition) is 2. The van der Waals surface area contributed by atoms with Crippen molar-refractivity contribution in [3.8, 4) is 0 Å². The Morgan fingerprint density at radius 2 is 2.08 bits per heavy atom. The number of likely N-dealkylation sites (N-methyl/N-ethyl adjacent to an activating group) is 1. The summed E-state index contributed by atoms with van der Waals surface area (Å²) in [4.78, 5) is 2.04. The van der Waals surface area contributed by atoms with E-state index in [1.807, 2.05) is 11.9 Å². The van der Waals surface area contributed by atoms with Gasteiger partial charge in [-0.05, 0) is 14.0 Å². The fraction of sp³-hybridized carbons (Fsp3) is 1.00. The van der Waals surface area contributed by atoms with E-state index in [2.05, 4.69) is 5.32 Å². The largest absolute Gasteiger partial charge is 0.315 e. The van der Waals surface area contributed by atoms with Gasteiger partial charge in [0.1, 0.15) is 0 Å². The van der Waals surface area contributed by atoms with Gasteiger partial charge in [0, 0.05) is 32.1 Å². The molecule has 12 heavy (non-hydrogen) atoms. The molecule has 0 saturated carbocycles. The fourth-order valence-corrected chi connectivity index (χ4v) is 1.29. The molecule has 2 nitrogen and oxygen atoms in total. The van der Waals surface area contributed by atoms with Crippen molar-refractivity contribution in [2.24, 2.45) is 0 Å². The molecular weight excluding hydrogens is 162 g/mol. The van der Waals surface area contributed by atoms with Crippen LogP contribution in [0.15, 0.2) is 0 Å². The maximum Gasteiger partial charge on any atom is 0.246 e. The minimum Gasteiger partial charge on any atom is -0.315 e. The van der Waals surface area contributed by atoms with Gasteiger partial charge < -0.3 is 5.32 Å². The lowest BCUT2D eigenvalue weighted by molar-refractivity contribution is -0.00647. The topological polar surface area (TPSA) is 15.3 Å². The van der Waals surface area contributed by atoms with E-state index in [-0.39, 0.29) is 6.42 Å². The van der Waals surface area contributed by atoms with Crippen LogP contribution in [0.3, 0.4) is 0 Å². The highest BCUT2D eigenvalue weighted by Gasteiger charge is 2.28. The van der Waals surface area contributed by atoms with Gasteiger partial charge in [0.05, 0.1) is 0 Å².